The van der Waals surface area contributed by atoms with E-state index < -0.39 is 0 Å². The summed E-state index contributed by atoms with van der Waals surface area (Å²) in [7, 11) is 0. The number of nitriles is 1. The highest BCUT2D eigenvalue weighted by Crippen LogP contribution is 2.38. The van der Waals surface area contributed by atoms with Gasteiger partial charge in [-0.05, 0) is 49.9 Å². The third-order valence-corrected chi connectivity index (χ3v) is 5.47. The predicted molar refractivity (Wildman–Crippen MR) is 79.7 cm³/mol. The van der Waals surface area contributed by atoms with Crippen molar-refractivity contribution in [3.05, 3.63) is 0 Å². The average Bonchev–Trinajstić information content (AvgIpc) is 2.47. The standard InChI is InChI=1S/C17H30N2/c1-17(2,15-6-4-3-5-7-15)13-19-16-10-8-14(12-18)9-11-16/h14-16,19H,3-11,13H2,1-2H3. The second kappa shape index (κ2) is 6.75. The Morgan fingerprint density at radius 3 is 2.21 bits per heavy atom. The average molecular weight is 262 g/mol. The lowest BCUT2D eigenvalue weighted by molar-refractivity contribution is 0.144. The van der Waals surface area contributed by atoms with Crippen molar-refractivity contribution in [2.45, 2.75) is 77.7 Å². The first-order chi connectivity index (χ1) is 9.12. The lowest BCUT2D eigenvalue weighted by atomic mass is 9.71. The molecule has 1 N–H and O–H groups in total. The van der Waals surface area contributed by atoms with E-state index in [4.69, 9.17) is 5.26 Å². The maximum absolute atomic E-state index is 8.94. The number of hydrogen-bond acceptors (Lipinski definition) is 2. The summed E-state index contributed by atoms with van der Waals surface area (Å²) in [5, 5.41) is 12.7. The summed E-state index contributed by atoms with van der Waals surface area (Å²) in [5.41, 5.74) is 0.437. The Kier molecular flexibility index (Phi) is 5.28. The first kappa shape index (κ1) is 14.9. The predicted octanol–water partition coefficient (Wildman–Crippen LogP) is 4.26. The number of rotatable bonds is 4. The van der Waals surface area contributed by atoms with E-state index in [9.17, 15) is 0 Å². The summed E-state index contributed by atoms with van der Waals surface area (Å²) in [5.74, 6) is 1.23. The van der Waals surface area contributed by atoms with E-state index in [1.165, 1.54) is 44.9 Å². The number of nitrogens with zero attached hydrogens (tertiary/aromatic N) is 1. The van der Waals surface area contributed by atoms with Crippen LogP contribution in [0.25, 0.3) is 0 Å². The zero-order chi connectivity index (χ0) is 13.7. The van der Waals surface area contributed by atoms with Crippen molar-refractivity contribution in [3.63, 3.8) is 0 Å². The van der Waals surface area contributed by atoms with Gasteiger partial charge in [0.05, 0.1) is 6.07 Å². The zero-order valence-corrected chi connectivity index (χ0v) is 12.8. The van der Waals surface area contributed by atoms with Crippen LogP contribution in [0.5, 0.6) is 0 Å². The molecule has 0 saturated heterocycles. The molecule has 0 aromatic rings. The fourth-order valence-corrected chi connectivity index (χ4v) is 3.86. The van der Waals surface area contributed by atoms with E-state index in [0.29, 0.717) is 17.4 Å². The largest absolute Gasteiger partial charge is 0.313 e. The maximum Gasteiger partial charge on any atom is 0.0655 e. The molecule has 2 aliphatic carbocycles. The molecule has 2 fully saturated rings. The van der Waals surface area contributed by atoms with E-state index in [-0.39, 0.29) is 0 Å². The van der Waals surface area contributed by atoms with E-state index in [1.807, 2.05) is 0 Å². The van der Waals surface area contributed by atoms with Gasteiger partial charge in [-0.1, -0.05) is 33.1 Å². The highest BCUT2D eigenvalue weighted by molar-refractivity contribution is 4.90. The summed E-state index contributed by atoms with van der Waals surface area (Å²) in [6, 6.07) is 3.08. The van der Waals surface area contributed by atoms with Gasteiger partial charge in [0, 0.05) is 18.5 Å². The van der Waals surface area contributed by atoms with Gasteiger partial charge < -0.3 is 5.32 Å². The lowest BCUT2D eigenvalue weighted by Gasteiger charge is -2.39. The molecule has 2 aliphatic rings. The van der Waals surface area contributed by atoms with Gasteiger partial charge in [-0.2, -0.15) is 5.26 Å². The molecule has 2 nitrogen and oxygen atoms in total. The van der Waals surface area contributed by atoms with Gasteiger partial charge in [0.25, 0.3) is 0 Å². The molecular formula is C17H30N2. The van der Waals surface area contributed by atoms with Gasteiger partial charge in [0.1, 0.15) is 0 Å². The van der Waals surface area contributed by atoms with E-state index in [0.717, 1.165) is 25.3 Å². The smallest absolute Gasteiger partial charge is 0.0655 e. The highest BCUT2D eigenvalue weighted by Gasteiger charge is 2.31. The Balaban J connectivity index is 1.73. The van der Waals surface area contributed by atoms with Gasteiger partial charge in [0.15, 0.2) is 0 Å². The number of nitrogens with one attached hydrogen (secondary N) is 1. The Morgan fingerprint density at radius 2 is 1.63 bits per heavy atom. The van der Waals surface area contributed by atoms with Crippen LogP contribution in [0.2, 0.25) is 0 Å². The van der Waals surface area contributed by atoms with E-state index >= 15 is 0 Å². The first-order valence-electron chi connectivity index (χ1n) is 8.25. The molecule has 0 atom stereocenters. The Morgan fingerprint density at radius 1 is 1.00 bits per heavy atom. The lowest BCUT2D eigenvalue weighted by Crippen LogP contribution is -2.42. The molecule has 0 bridgehead atoms. The van der Waals surface area contributed by atoms with Crippen molar-refractivity contribution in [1.29, 1.82) is 5.26 Å². The van der Waals surface area contributed by atoms with Crippen LogP contribution < -0.4 is 5.32 Å². The minimum absolute atomic E-state index is 0.324. The van der Waals surface area contributed by atoms with Crippen LogP contribution >= 0.6 is 0 Å². The third kappa shape index (κ3) is 4.21. The first-order valence-corrected chi connectivity index (χ1v) is 8.25. The van der Waals surface area contributed by atoms with Crippen molar-refractivity contribution < 1.29 is 0 Å². The molecule has 2 saturated carbocycles. The highest BCUT2D eigenvalue weighted by atomic mass is 14.9. The van der Waals surface area contributed by atoms with Gasteiger partial charge in [0.2, 0.25) is 0 Å². The monoisotopic (exact) mass is 262 g/mol. The maximum atomic E-state index is 8.94. The fourth-order valence-electron chi connectivity index (χ4n) is 3.86. The van der Waals surface area contributed by atoms with E-state index in [1.54, 1.807) is 0 Å². The zero-order valence-electron chi connectivity index (χ0n) is 12.8. The van der Waals surface area contributed by atoms with Gasteiger partial charge >= 0.3 is 0 Å². The minimum atomic E-state index is 0.324. The summed E-state index contributed by atoms with van der Waals surface area (Å²) in [6.45, 7) is 6.04. The fraction of sp³-hybridized carbons (Fsp3) is 0.941. The van der Waals surface area contributed by atoms with E-state index in [2.05, 4.69) is 25.2 Å². The van der Waals surface area contributed by atoms with Crippen LogP contribution in [-0.4, -0.2) is 12.6 Å². The molecule has 0 radical (unpaired) electrons. The molecule has 0 amide bonds. The molecule has 0 aromatic heterocycles. The molecule has 0 aromatic carbocycles. The van der Waals surface area contributed by atoms with Crippen LogP contribution in [0, 0.1) is 28.6 Å². The van der Waals surface area contributed by atoms with Crippen LogP contribution in [0.15, 0.2) is 0 Å². The summed E-state index contributed by atoms with van der Waals surface area (Å²) in [6.07, 6.45) is 11.7. The summed E-state index contributed by atoms with van der Waals surface area (Å²) < 4.78 is 0. The normalized spacial score (nSPS) is 29.9. The van der Waals surface area contributed by atoms with Gasteiger partial charge in [-0.15, -0.1) is 0 Å². The molecular weight excluding hydrogens is 232 g/mol. The Hall–Kier alpha value is -0.550. The SMILES string of the molecule is CC(C)(CNC1CCC(C#N)CC1)C1CCCCC1. The van der Waals surface area contributed by atoms with Crippen molar-refractivity contribution in [2.75, 3.05) is 6.54 Å². The molecule has 19 heavy (non-hydrogen) atoms. The van der Waals surface area contributed by atoms with Crippen LogP contribution in [-0.2, 0) is 0 Å². The molecule has 108 valence electrons. The molecule has 2 rings (SSSR count). The van der Waals surface area contributed by atoms with Crippen molar-refractivity contribution >= 4 is 0 Å². The third-order valence-electron chi connectivity index (χ3n) is 5.47. The molecule has 0 spiro atoms. The Labute approximate surface area is 119 Å². The second-order valence-electron chi connectivity index (χ2n) is 7.38. The molecule has 0 aliphatic heterocycles. The van der Waals surface area contributed by atoms with Crippen molar-refractivity contribution in [2.24, 2.45) is 17.3 Å². The van der Waals surface area contributed by atoms with Gasteiger partial charge in [-0.25, -0.2) is 0 Å². The molecule has 0 heterocycles. The topological polar surface area (TPSA) is 35.8 Å². The summed E-state index contributed by atoms with van der Waals surface area (Å²) in [4.78, 5) is 0. The quantitative estimate of drug-likeness (QED) is 0.821. The molecule has 0 unspecified atom stereocenters. The minimum Gasteiger partial charge on any atom is -0.313 e. The molecule has 2 heteroatoms. The Bertz CT molecular complexity index is 302. The number of hydrogen-bond donors (Lipinski definition) is 1. The van der Waals surface area contributed by atoms with Crippen molar-refractivity contribution in [1.82, 2.24) is 5.32 Å². The van der Waals surface area contributed by atoms with Crippen LogP contribution in [0.3, 0.4) is 0 Å². The van der Waals surface area contributed by atoms with Crippen LogP contribution in [0.4, 0.5) is 0 Å². The van der Waals surface area contributed by atoms with Crippen LogP contribution in [0.1, 0.15) is 71.6 Å². The summed E-state index contributed by atoms with van der Waals surface area (Å²) >= 11 is 0. The van der Waals surface area contributed by atoms with Crippen molar-refractivity contribution in [3.8, 4) is 6.07 Å². The second-order valence-corrected chi connectivity index (χ2v) is 7.38. The van der Waals surface area contributed by atoms with Gasteiger partial charge in [-0.3, -0.25) is 0 Å².